The SMILES string of the molecule is C=C1CCC(N2C(=O)c3cccc(NCCCCCC(=O)NCCCN4CCN(Cc5ccc(CC(=O)c6ccc(C)c(C#Cc7cnc8cccnn78)c6)cc5C(F)(F)F)CC4)c3C2=O)C(=O)N1. The smallest absolute Gasteiger partial charge is 0.384 e. The van der Waals surface area contributed by atoms with Crippen LogP contribution in [-0.4, -0.2) is 111 Å². The van der Waals surface area contributed by atoms with Crippen molar-refractivity contribution in [3.8, 4) is 11.8 Å². The molecule has 1 atom stereocenters. The Kier molecular flexibility index (Phi) is 15.0. The number of carbonyl (C=O) groups excluding carboxylic acids is 5. The number of ketones is 1. The molecule has 358 valence electrons. The summed E-state index contributed by atoms with van der Waals surface area (Å²) in [5.74, 6) is 4.42. The molecule has 2 aromatic heterocycles. The van der Waals surface area contributed by atoms with E-state index in [1.807, 2.05) is 17.9 Å². The van der Waals surface area contributed by atoms with Gasteiger partial charge in [0.15, 0.2) is 11.4 Å². The minimum Gasteiger partial charge on any atom is -0.384 e. The fourth-order valence-corrected chi connectivity index (χ4v) is 8.98. The van der Waals surface area contributed by atoms with E-state index in [2.05, 4.69) is 49.4 Å². The molecule has 0 bridgehead atoms. The van der Waals surface area contributed by atoms with Crippen LogP contribution in [-0.2, 0) is 28.7 Å². The third kappa shape index (κ3) is 11.6. The van der Waals surface area contributed by atoms with Gasteiger partial charge in [-0.1, -0.05) is 49.3 Å². The number of piperazine rings is 1. The number of Topliss-reactive ketones (excluding diaryl/α,β-unsaturated/α-hetero) is 1. The van der Waals surface area contributed by atoms with Gasteiger partial charge in [0.2, 0.25) is 11.8 Å². The van der Waals surface area contributed by atoms with Crippen LogP contribution in [0.15, 0.2) is 91.4 Å². The van der Waals surface area contributed by atoms with Crippen LogP contribution in [0, 0.1) is 18.8 Å². The van der Waals surface area contributed by atoms with Crippen LogP contribution in [0.1, 0.15) is 110 Å². The lowest BCUT2D eigenvalue weighted by Gasteiger charge is -2.35. The summed E-state index contributed by atoms with van der Waals surface area (Å²) in [6, 6.07) is 17.1. The first-order valence-corrected chi connectivity index (χ1v) is 23.3. The highest BCUT2D eigenvalue weighted by molar-refractivity contribution is 6.25. The van der Waals surface area contributed by atoms with Crippen molar-refractivity contribution in [2.45, 2.75) is 77.1 Å². The van der Waals surface area contributed by atoms with Crippen molar-refractivity contribution in [3.05, 3.63) is 142 Å². The van der Waals surface area contributed by atoms with E-state index in [0.29, 0.717) is 98.8 Å². The molecule has 2 fully saturated rings. The van der Waals surface area contributed by atoms with Crippen LogP contribution >= 0.6 is 0 Å². The van der Waals surface area contributed by atoms with Crippen molar-refractivity contribution in [2.75, 3.05) is 51.1 Å². The number of piperidine rings is 1. The quantitative estimate of drug-likeness (QED) is 0.0403. The van der Waals surface area contributed by atoms with Gasteiger partial charge >= 0.3 is 6.18 Å². The molecule has 4 amide bonds. The van der Waals surface area contributed by atoms with Gasteiger partial charge in [0, 0.05) is 87.4 Å². The second kappa shape index (κ2) is 21.4. The van der Waals surface area contributed by atoms with Crippen molar-refractivity contribution in [2.24, 2.45) is 0 Å². The molecule has 3 aromatic carbocycles. The van der Waals surface area contributed by atoms with Crippen LogP contribution in [0.4, 0.5) is 18.9 Å². The molecule has 5 aromatic rings. The number of imide groups is 1. The van der Waals surface area contributed by atoms with Crippen LogP contribution in [0.3, 0.4) is 0 Å². The first kappa shape index (κ1) is 48.3. The lowest BCUT2D eigenvalue weighted by Crippen LogP contribution is -2.51. The number of anilines is 1. The average Bonchev–Trinajstić information content (AvgIpc) is 3.86. The number of aromatic nitrogens is 3. The van der Waals surface area contributed by atoms with Gasteiger partial charge in [0.05, 0.1) is 22.9 Å². The highest BCUT2D eigenvalue weighted by atomic mass is 19.4. The summed E-state index contributed by atoms with van der Waals surface area (Å²) in [5, 5.41) is 13.2. The van der Waals surface area contributed by atoms with E-state index in [1.54, 1.807) is 65.4 Å². The number of allylic oxidation sites excluding steroid dienone is 1. The van der Waals surface area contributed by atoms with Crippen molar-refractivity contribution in [3.63, 3.8) is 0 Å². The number of unbranched alkanes of at least 4 members (excludes halogenated alkanes) is 2. The van der Waals surface area contributed by atoms with E-state index >= 15 is 0 Å². The van der Waals surface area contributed by atoms with Crippen LogP contribution in [0.5, 0.6) is 0 Å². The molecule has 2 saturated heterocycles. The van der Waals surface area contributed by atoms with E-state index < -0.39 is 35.5 Å². The highest BCUT2D eigenvalue weighted by Crippen LogP contribution is 2.35. The molecule has 3 aliphatic rings. The Balaban J connectivity index is 0.725. The molecule has 5 heterocycles. The third-order valence-corrected chi connectivity index (χ3v) is 12.8. The molecular formula is C52H54F3N9O5. The molecule has 14 nitrogen and oxygen atoms in total. The van der Waals surface area contributed by atoms with Crippen LogP contribution < -0.4 is 16.0 Å². The number of benzene rings is 3. The summed E-state index contributed by atoms with van der Waals surface area (Å²) in [6.07, 6.45) is 2.60. The van der Waals surface area contributed by atoms with Crippen molar-refractivity contribution in [1.29, 1.82) is 0 Å². The van der Waals surface area contributed by atoms with Gasteiger partial charge in [-0.2, -0.15) is 18.3 Å². The fourth-order valence-electron chi connectivity index (χ4n) is 8.98. The normalized spacial score (nSPS) is 16.6. The molecule has 3 aliphatic heterocycles. The predicted molar refractivity (Wildman–Crippen MR) is 253 cm³/mol. The zero-order valence-corrected chi connectivity index (χ0v) is 38.5. The van der Waals surface area contributed by atoms with Crippen LogP contribution in [0.25, 0.3) is 5.65 Å². The molecular weight excluding hydrogens is 888 g/mol. The Bertz CT molecular complexity index is 2860. The number of fused-ring (bicyclic) bond motifs is 2. The van der Waals surface area contributed by atoms with Crippen molar-refractivity contribution >= 4 is 40.7 Å². The van der Waals surface area contributed by atoms with Gasteiger partial charge < -0.3 is 20.9 Å². The van der Waals surface area contributed by atoms with E-state index in [0.717, 1.165) is 42.3 Å². The number of nitrogens with zero attached hydrogens (tertiary/aromatic N) is 6. The van der Waals surface area contributed by atoms with Gasteiger partial charge in [-0.05, 0) is 105 Å². The summed E-state index contributed by atoms with van der Waals surface area (Å²) in [5.41, 5.74) is 4.43. The van der Waals surface area contributed by atoms with E-state index in [-0.39, 0.29) is 46.9 Å². The van der Waals surface area contributed by atoms with Gasteiger partial charge in [-0.25, -0.2) is 9.50 Å². The Morgan fingerprint density at radius 1 is 0.899 bits per heavy atom. The number of rotatable bonds is 17. The maximum atomic E-state index is 14.4. The van der Waals surface area contributed by atoms with E-state index in [9.17, 15) is 37.1 Å². The van der Waals surface area contributed by atoms with Crippen LogP contribution in [0.2, 0.25) is 0 Å². The summed E-state index contributed by atoms with van der Waals surface area (Å²) in [4.78, 5) is 74.6. The molecule has 0 radical (unpaired) electrons. The average molecular weight is 942 g/mol. The fraction of sp³-hybridized carbons (Fsp3) is 0.365. The molecule has 0 aliphatic carbocycles. The Morgan fingerprint density at radius 3 is 2.51 bits per heavy atom. The maximum Gasteiger partial charge on any atom is 0.416 e. The second-order valence-corrected chi connectivity index (χ2v) is 17.7. The molecule has 0 saturated carbocycles. The topological polar surface area (TPSA) is 161 Å². The number of alkyl halides is 3. The van der Waals surface area contributed by atoms with Crippen molar-refractivity contribution < 1.29 is 37.1 Å². The summed E-state index contributed by atoms with van der Waals surface area (Å²) in [7, 11) is 0. The standard InChI is InChI=1S/C52H54F3N9O5/c1-34-13-16-38(31-37(34)18-19-40-32-58-46-11-7-23-59-64(40)46)45(65)30-36-15-17-39(42(29-36)52(53,54)55)33-62-27-25-61(26-28-62)24-8-22-57-47(66)12-4-3-5-21-56-43-10-6-9-41-48(43)51(69)63(50(41)68)44-20-14-35(2)60-49(44)67/h6-7,9-11,13,15-17,23,29,31-32,44,56H,2-5,8,12,14,20-22,24-28,30,33H2,1H3,(H,57,66)(H,60,67). The van der Waals surface area contributed by atoms with Gasteiger partial charge in [-0.15, -0.1) is 0 Å². The number of amides is 4. The van der Waals surface area contributed by atoms with E-state index in [4.69, 9.17) is 0 Å². The van der Waals surface area contributed by atoms with Gasteiger partial charge in [0.1, 0.15) is 11.7 Å². The lowest BCUT2D eigenvalue weighted by atomic mass is 9.96. The van der Waals surface area contributed by atoms with E-state index in [1.165, 1.54) is 6.07 Å². The Morgan fingerprint density at radius 2 is 1.71 bits per heavy atom. The summed E-state index contributed by atoms with van der Waals surface area (Å²) >= 11 is 0. The number of hydrogen-bond acceptors (Lipinski definition) is 10. The monoisotopic (exact) mass is 941 g/mol. The number of hydrogen-bond donors (Lipinski definition) is 3. The minimum atomic E-state index is -4.59. The predicted octanol–water partition coefficient (Wildman–Crippen LogP) is 6.57. The first-order valence-electron chi connectivity index (χ1n) is 23.3. The molecule has 3 N–H and O–H groups in total. The Hall–Kier alpha value is -7.16. The van der Waals surface area contributed by atoms with Gasteiger partial charge in [-0.3, -0.25) is 33.8 Å². The number of imidazole rings is 1. The third-order valence-electron chi connectivity index (χ3n) is 12.8. The molecule has 0 spiro atoms. The lowest BCUT2D eigenvalue weighted by molar-refractivity contribution is -0.138. The highest BCUT2D eigenvalue weighted by Gasteiger charge is 2.45. The number of halogens is 3. The zero-order chi connectivity index (χ0) is 48.7. The molecule has 1 unspecified atom stereocenters. The first-order chi connectivity index (χ1) is 33.2. The number of carbonyl (C=O) groups is 5. The number of nitrogens with one attached hydrogen (secondary N) is 3. The largest absolute Gasteiger partial charge is 0.416 e. The van der Waals surface area contributed by atoms with Crippen molar-refractivity contribution in [1.82, 2.24) is 39.9 Å². The Labute approximate surface area is 398 Å². The number of aryl methyl sites for hydroxylation is 1. The summed E-state index contributed by atoms with van der Waals surface area (Å²) < 4.78 is 44.9. The van der Waals surface area contributed by atoms with Gasteiger partial charge in [0.25, 0.3) is 11.8 Å². The minimum absolute atomic E-state index is 0.0344. The second-order valence-electron chi connectivity index (χ2n) is 17.7. The molecule has 69 heavy (non-hydrogen) atoms. The molecule has 8 rings (SSSR count). The summed E-state index contributed by atoms with van der Waals surface area (Å²) in [6.45, 7) is 10.2. The molecule has 17 heteroatoms. The maximum absolute atomic E-state index is 14.4. The zero-order valence-electron chi connectivity index (χ0n) is 38.5.